The third kappa shape index (κ3) is 2.94. The van der Waals surface area contributed by atoms with E-state index in [1.807, 2.05) is 13.0 Å². The Bertz CT molecular complexity index is 1440. The van der Waals surface area contributed by atoms with Crippen molar-refractivity contribution in [2.24, 2.45) is 0 Å². The monoisotopic (exact) mass is 417 g/mol. The van der Waals surface area contributed by atoms with Crippen molar-refractivity contribution in [1.29, 1.82) is 0 Å². The van der Waals surface area contributed by atoms with Crippen LogP contribution < -0.4 is 9.80 Å². The maximum atomic E-state index is 5.04. The number of fused-ring (bicyclic) bond motifs is 2. The van der Waals surface area contributed by atoms with Crippen LogP contribution in [-0.4, -0.2) is 28.3 Å². The van der Waals surface area contributed by atoms with E-state index in [-0.39, 0.29) is 0 Å². The van der Waals surface area contributed by atoms with Crippen LogP contribution in [0.3, 0.4) is 0 Å². The number of anilines is 3. The second-order valence-electron chi connectivity index (χ2n) is 8.17. The van der Waals surface area contributed by atoms with Crippen molar-refractivity contribution in [2.75, 3.05) is 23.5 Å². The minimum atomic E-state index is 0.787. The summed E-state index contributed by atoms with van der Waals surface area (Å²) in [6, 6.07) is 31.5. The summed E-state index contributed by atoms with van der Waals surface area (Å²) in [6.07, 6.45) is 0. The normalized spacial score (nSPS) is 13.1. The van der Waals surface area contributed by atoms with Crippen LogP contribution in [0.2, 0.25) is 0 Å². The van der Waals surface area contributed by atoms with E-state index in [2.05, 4.69) is 106 Å². The number of aryl methyl sites for hydroxylation is 1. The molecule has 0 bridgehead atoms. The van der Waals surface area contributed by atoms with E-state index < -0.39 is 0 Å². The topological polar surface area (TPSA) is 37.2 Å². The summed E-state index contributed by atoms with van der Waals surface area (Å²) in [5.74, 6) is 1.92. The highest BCUT2D eigenvalue weighted by atomic mass is 15.4. The van der Waals surface area contributed by atoms with Crippen molar-refractivity contribution in [3.05, 3.63) is 96.8 Å². The quantitative estimate of drug-likeness (QED) is 0.364. The number of aromatic nitrogens is 3. The Labute approximate surface area is 187 Å². The van der Waals surface area contributed by atoms with E-state index in [1.165, 1.54) is 11.4 Å². The van der Waals surface area contributed by atoms with E-state index in [1.54, 1.807) is 0 Å². The summed E-state index contributed by atoms with van der Waals surface area (Å²) in [4.78, 5) is 14.3. The molecule has 0 aliphatic carbocycles. The van der Waals surface area contributed by atoms with Gasteiger partial charge in [0.05, 0.1) is 34.8 Å². The Morgan fingerprint density at radius 1 is 0.750 bits per heavy atom. The Morgan fingerprint density at radius 2 is 1.53 bits per heavy atom. The molecule has 32 heavy (non-hydrogen) atoms. The molecule has 0 atom stereocenters. The Hall–Kier alpha value is -4.12. The molecule has 156 valence electrons. The predicted molar refractivity (Wildman–Crippen MR) is 131 cm³/mol. The standard InChI is InChI=1S/C27H23N5/c1-19-28-23-16-15-20(17-26(23)32(19)21-9-4-3-5-10-21)22-11-8-14-27(29-22)31-18-30(2)24-12-6-7-13-25(24)31/h3-17H,18H2,1-2H3. The molecule has 0 spiro atoms. The van der Waals surface area contributed by atoms with Gasteiger partial charge < -0.3 is 9.80 Å². The first-order valence-electron chi connectivity index (χ1n) is 10.8. The highest BCUT2D eigenvalue weighted by Crippen LogP contribution is 2.39. The van der Waals surface area contributed by atoms with Crippen molar-refractivity contribution < 1.29 is 0 Å². The summed E-state index contributed by atoms with van der Waals surface area (Å²) in [6.45, 7) is 2.83. The second-order valence-corrected chi connectivity index (χ2v) is 8.17. The molecule has 0 unspecified atom stereocenters. The third-order valence-electron chi connectivity index (χ3n) is 6.08. The summed E-state index contributed by atoms with van der Waals surface area (Å²) in [5, 5.41) is 0. The van der Waals surface area contributed by atoms with Crippen LogP contribution in [0, 0.1) is 6.92 Å². The molecule has 1 aliphatic rings. The van der Waals surface area contributed by atoms with Crippen LogP contribution in [0.5, 0.6) is 0 Å². The number of pyridine rings is 1. The van der Waals surface area contributed by atoms with Crippen molar-refractivity contribution in [1.82, 2.24) is 14.5 Å². The van der Waals surface area contributed by atoms with Crippen molar-refractivity contribution >= 4 is 28.2 Å². The number of imidazole rings is 1. The van der Waals surface area contributed by atoms with Gasteiger partial charge in [0.1, 0.15) is 11.6 Å². The van der Waals surface area contributed by atoms with E-state index in [9.17, 15) is 0 Å². The number of hydrogen-bond acceptors (Lipinski definition) is 4. The number of rotatable bonds is 3. The minimum absolute atomic E-state index is 0.787. The van der Waals surface area contributed by atoms with Crippen LogP contribution >= 0.6 is 0 Å². The molecule has 3 aromatic carbocycles. The van der Waals surface area contributed by atoms with Gasteiger partial charge in [-0.25, -0.2) is 9.97 Å². The van der Waals surface area contributed by atoms with E-state index in [0.29, 0.717) is 0 Å². The van der Waals surface area contributed by atoms with Crippen molar-refractivity contribution in [3.63, 3.8) is 0 Å². The van der Waals surface area contributed by atoms with E-state index in [0.717, 1.165) is 46.3 Å². The zero-order valence-electron chi connectivity index (χ0n) is 18.1. The molecule has 0 fully saturated rings. The highest BCUT2D eigenvalue weighted by molar-refractivity contribution is 5.85. The van der Waals surface area contributed by atoms with Gasteiger partial charge in [-0.1, -0.05) is 42.5 Å². The first-order chi connectivity index (χ1) is 15.7. The molecule has 5 heteroatoms. The third-order valence-corrected chi connectivity index (χ3v) is 6.08. The zero-order valence-corrected chi connectivity index (χ0v) is 18.1. The largest absolute Gasteiger partial charge is 0.355 e. The van der Waals surface area contributed by atoms with E-state index in [4.69, 9.17) is 9.97 Å². The maximum Gasteiger partial charge on any atom is 0.135 e. The SMILES string of the molecule is Cc1nc2ccc(-c3cccc(N4CN(C)c5ccccc54)n3)cc2n1-c1ccccc1. The number of hydrogen-bond donors (Lipinski definition) is 0. The summed E-state index contributed by atoms with van der Waals surface area (Å²) >= 11 is 0. The van der Waals surface area contributed by atoms with Gasteiger partial charge in [-0.05, 0) is 55.5 Å². The fourth-order valence-electron chi connectivity index (χ4n) is 4.57. The molecule has 0 saturated carbocycles. The van der Waals surface area contributed by atoms with Gasteiger partial charge in [0, 0.05) is 18.3 Å². The van der Waals surface area contributed by atoms with Gasteiger partial charge in [-0.2, -0.15) is 0 Å². The molecule has 5 nitrogen and oxygen atoms in total. The van der Waals surface area contributed by atoms with Crippen LogP contribution in [-0.2, 0) is 0 Å². The van der Waals surface area contributed by atoms with Crippen LogP contribution in [0.15, 0.2) is 91.0 Å². The molecule has 5 aromatic rings. The van der Waals surface area contributed by atoms with Gasteiger partial charge in [-0.3, -0.25) is 4.57 Å². The van der Waals surface area contributed by atoms with Gasteiger partial charge in [-0.15, -0.1) is 0 Å². The average Bonchev–Trinajstić information content (AvgIpc) is 3.35. The van der Waals surface area contributed by atoms with Crippen LogP contribution in [0.1, 0.15) is 5.82 Å². The van der Waals surface area contributed by atoms with Gasteiger partial charge in [0.15, 0.2) is 0 Å². The number of benzene rings is 3. The molecule has 0 saturated heterocycles. The lowest BCUT2D eigenvalue weighted by Crippen LogP contribution is -2.24. The molecule has 3 heterocycles. The Kier molecular flexibility index (Phi) is 4.21. The smallest absolute Gasteiger partial charge is 0.135 e. The van der Waals surface area contributed by atoms with Crippen molar-refractivity contribution in [3.8, 4) is 16.9 Å². The average molecular weight is 418 g/mol. The minimum Gasteiger partial charge on any atom is -0.355 e. The summed E-state index contributed by atoms with van der Waals surface area (Å²) in [7, 11) is 2.11. The molecular formula is C27H23N5. The Morgan fingerprint density at radius 3 is 2.38 bits per heavy atom. The number of para-hydroxylation sites is 3. The molecule has 0 radical (unpaired) electrons. The highest BCUT2D eigenvalue weighted by Gasteiger charge is 2.25. The molecule has 6 rings (SSSR count). The maximum absolute atomic E-state index is 5.04. The Balaban J connectivity index is 1.44. The van der Waals surface area contributed by atoms with Gasteiger partial charge in [0.2, 0.25) is 0 Å². The summed E-state index contributed by atoms with van der Waals surface area (Å²) in [5.41, 5.74) is 7.64. The lowest BCUT2D eigenvalue weighted by molar-refractivity contribution is 0.934. The second kappa shape index (κ2) is 7.24. The predicted octanol–water partition coefficient (Wildman–Crippen LogP) is 5.94. The fourth-order valence-corrected chi connectivity index (χ4v) is 4.57. The van der Waals surface area contributed by atoms with Crippen LogP contribution in [0.25, 0.3) is 28.0 Å². The first kappa shape index (κ1) is 18.6. The summed E-state index contributed by atoms with van der Waals surface area (Å²) < 4.78 is 2.20. The van der Waals surface area contributed by atoms with Gasteiger partial charge in [0.25, 0.3) is 0 Å². The van der Waals surface area contributed by atoms with Gasteiger partial charge >= 0.3 is 0 Å². The van der Waals surface area contributed by atoms with E-state index >= 15 is 0 Å². The zero-order chi connectivity index (χ0) is 21.7. The molecule has 2 aromatic heterocycles. The molecule has 0 amide bonds. The first-order valence-corrected chi connectivity index (χ1v) is 10.8. The number of nitrogens with zero attached hydrogens (tertiary/aromatic N) is 5. The molecule has 1 aliphatic heterocycles. The molecule has 0 N–H and O–H groups in total. The van der Waals surface area contributed by atoms with Crippen LogP contribution in [0.4, 0.5) is 17.2 Å². The lowest BCUT2D eigenvalue weighted by atomic mass is 10.1. The molecular weight excluding hydrogens is 394 g/mol. The lowest BCUT2D eigenvalue weighted by Gasteiger charge is -2.19. The van der Waals surface area contributed by atoms with Crippen molar-refractivity contribution in [2.45, 2.75) is 6.92 Å². The fraction of sp³-hybridized carbons (Fsp3) is 0.111.